The fraction of sp³-hybridized carbons (Fsp3) is 0.462. The summed E-state index contributed by atoms with van der Waals surface area (Å²) in [5.74, 6) is 1.23. The van der Waals surface area contributed by atoms with E-state index in [0.29, 0.717) is 5.89 Å². The predicted octanol–water partition coefficient (Wildman–Crippen LogP) is 1.86. The van der Waals surface area contributed by atoms with Gasteiger partial charge < -0.3 is 9.84 Å². The lowest BCUT2D eigenvalue weighted by atomic mass is 10.2. The zero-order chi connectivity index (χ0) is 13.9. The molecule has 0 aromatic carbocycles. The standard InChI is InChI=1S/C13H16BrN5O/c1-9(19-4-2-15-3-5-19)12-17-13(20-18-12)10-6-11(14)8-16-7-10/h6-9,15H,2-5H2,1H3. The van der Waals surface area contributed by atoms with Crippen molar-refractivity contribution in [3.05, 3.63) is 28.8 Å². The van der Waals surface area contributed by atoms with Crippen LogP contribution in [0.15, 0.2) is 27.5 Å². The first kappa shape index (κ1) is 13.7. The number of hydrogen-bond acceptors (Lipinski definition) is 6. The molecule has 1 aliphatic heterocycles. The van der Waals surface area contributed by atoms with Gasteiger partial charge in [0.2, 0.25) is 0 Å². The molecule has 3 rings (SSSR count). The van der Waals surface area contributed by atoms with Gasteiger partial charge in [-0.3, -0.25) is 9.88 Å². The van der Waals surface area contributed by atoms with Gasteiger partial charge in [-0.25, -0.2) is 0 Å². The Balaban J connectivity index is 1.79. The van der Waals surface area contributed by atoms with E-state index in [0.717, 1.165) is 42.0 Å². The SMILES string of the molecule is CC(c1noc(-c2cncc(Br)c2)n1)N1CCNCC1. The van der Waals surface area contributed by atoms with Crippen molar-refractivity contribution in [1.82, 2.24) is 25.3 Å². The molecule has 1 fully saturated rings. The van der Waals surface area contributed by atoms with Gasteiger partial charge in [0, 0.05) is 43.0 Å². The molecule has 3 heterocycles. The molecule has 1 saturated heterocycles. The minimum atomic E-state index is 0.162. The molecule has 1 unspecified atom stereocenters. The van der Waals surface area contributed by atoms with Crippen LogP contribution in [0.3, 0.4) is 0 Å². The van der Waals surface area contributed by atoms with Gasteiger partial charge in [0.15, 0.2) is 5.82 Å². The molecule has 1 aliphatic rings. The van der Waals surface area contributed by atoms with Crippen molar-refractivity contribution in [3.63, 3.8) is 0 Å². The van der Waals surface area contributed by atoms with Gasteiger partial charge in [-0.1, -0.05) is 5.16 Å². The van der Waals surface area contributed by atoms with E-state index < -0.39 is 0 Å². The van der Waals surface area contributed by atoms with E-state index in [-0.39, 0.29) is 6.04 Å². The summed E-state index contributed by atoms with van der Waals surface area (Å²) in [4.78, 5) is 11.0. The highest BCUT2D eigenvalue weighted by Gasteiger charge is 2.22. The van der Waals surface area contributed by atoms with Gasteiger partial charge in [0.25, 0.3) is 5.89 Å². The van der Waals surface area contributed by atoms with Crippen LogP contribution >= 0.6 is 15.9 Å². The molecule has 2 aromatic heterocycles. The third-order valence-corrected chi connectivity index (χ3v) is 3.90. The summed E-state index contributed by atoms with van der Waals surface area (Å²) in [6, 6.07) is 2.08. The van der Waals surface area contributed by atoms with Crippen molar-refractivity contribution >= 4 is 15.9 Å². The zero-order valence-electron chi connectivity index (χ0n) is 11.2. The smallest absolute Gasteiger partial charge is 0.259 e. The van der Waals surface area contributed by atoms with Crippen molar-refractivity contribution in [3.8, 4) is 11.5 Å². The normalized spacial score (nSPS) is 18.1. The van der Waals surface area contributed by atoms with Gasteiger partial charge >= 0.3 is 0 Å². The molecular formula is C13H16BrN5O. The molecule has 20 heavy (non-hydrogen) atoms. The first-order valence-electron chi connectivity index (χ1n) is 6.63. The van der Waals surface area contributed by atoms with Crippen LogP contribution in [0.1, 0.15) is 18.8 Å². The number of nitrogens with zero attached hydrogens (tertiary/aromatic N) is 4. The lowest BCUT2D eigenvalue weighted by Crippen LogP contribution is -2.44. The fourth-order valence-electron chi connectivity index (χ4n) is 2.28. The number of nitrogens with one attached hydrogen (secondary N) is 1. The third-order valence-electron chi connectivity index (χ3n) is 3.47. The monoisotopic (exact) mass is 337 g/mol. The summed E-state index contributed by atoms with van der Waals surface area (Å²) >= 11 is 3.39. The molecule has 1 atom stereocenters. The largest absolute Gasteiger partial charge is 0.334 e. The fourth-order valence-corrected chi connectivity index (χ4v) is 2.65. The lowest BCUT2D eigenvalue weighted by Gasteiger charge is -2.30. The molecule has 2 aromatic rings. The molecule has 7 heteroatoms. The molecule has 0 bridgehead atoms. The Kier molecular flexibility index (Phi) is 4.09. The Morgan fingerprint density at radius 2 is 2.15 bits per heavy atom. The van der Waals surface area contributed by atoms with Crippen LogP contribution in [0, 0.1) is 0 Å². The van der Waals surface area contributed by atoms with E-state index in [4.69, 9.17) is 4.52 Å². The second-order valence-corrected chi connectivity index (χ2v) is 5.73. The van der Waals surface area contributed by atoms with E-state index in [9.17, 15) is 0 Å². The van der Waals surface area contributed by atoms with Crippen molar-refractivity contribution in [2.45, 2.75) is 13.0 Å². The molecule has 0 saturated carbocycles. The van der Waals surface area contributed by atoms with Gasteiger partial charge in [0.05, 0.1) is 11.6 Å². The van der Waals surface area contributed by atoms with E-state index in [1.807, 2.05) is 6.07 Å². The zero-order valence-corrected chi connectivity index (χ0v) is 12.8. The maximum Gasteiger partial charge on any atom is 0.259 e. The first-order chi connectivity index (χ1) is 9.74. The Hall–Kier alpha value is -1.31. The Morgan fingerprint density at radius 3 is 2.90 bits per heavy atom. The lowest BCUT2D eigenvalue weighted by molar-refractivity contribution is 0.176. The van der Waals surface area contributed by atoms with Gasteiger partial charge in [-0.2, -0.15) is 4.98 Å². The molecule has 0 aliphatic carbocycles. The minimum absolute atomic E-state index is 0.162. The van der Waals surface area contributed by atoms with Crippen LogP contribution in [-0.2, 0) is 0 Å². The number of hydrogen-bond donors (Lipinski definition) is 1. The third kappa shape index (κ3) is 2.89. The highest BCUT2D eigenvalue weighted by molar-refractivity contribution is 9.10. The van der Waals surface area contributed by atoms with Crippen molar-refractivity contribution < 1.29 is 4.52 Å². The Morgan fingerprint density at radius 1 is 1.35 bits per heavy atom. The van der Waals surface area contributed by atoms with Crippen LogP contribution in [0.5, 0.6) is 0 Å². The highest BCUT2D eigenvalue weighted by atomic mass is 79.9. The van der Waals surface area contributed by atoms with E-state index in [2.05, 4.69) is 48.2 Å². The van der Waals surface area contributed by atoms with Gasteiger partial charge in [-0.05, 0) is 28.9 Å². The summed E-state index contributed by atoms with van der Waals surface area (Å²) in [5.41, 5.74) is 0.825. The number of halogens is 1. The summed E-state index contributed by atoms with van der Waals surface area (Å²) in [6.07, 6.45) is 3.45. The van der Waals surface area contributed by atoms with Crippen LogP contribution in [0.4, 0.5) is 0 Å². The maximum absolute atomic E-state index is 5.35. The molecule has 6 nitrogen and oxygen atoms in total. The number of piperazine rings is 1. The van der Waals surface area contributed by atoms with E-state index in [1.54, 1.807) is 12.4 Å². The van der Waals surface area contributed by atoms with E-state index >= 15 is 0 Å². The van der Waals surface area contributed by atoms with E-state index in [1.165, 1.54) is 0 Å². The quantitative estimate of drug-likeness (QED) is 0.922. The summed E-state index contributed by atoms with van der Waals surface area (Å²) in [5, 5.41) is 7.45. The summed E-state index contributed by atoms with van der Waals surface area (Å²) in [6.45, 7) is 6.13. The maximum atomic E-state index is 5.35. The second-order valence-electron chi connectivity index (χ2n) is 4.81. The molecule has 106 valence electrons. The van der Waals surface area contributed by atoms with Crippen molar-refractivity contribution in [1.29, 1.82) is 0 Å². The number of rotatable bonds is 3. The molecular weight excluding hydrogens is 322 g/mol. The molecule has 0 amide bonds. The molecule has 1 N–H and O–H groups in total. The molecule has 0 radical (unpaired) electrons. The van der Waals surface area contributed by atoms with Crippen LogP contribution < -0.4 is 5.32 Å². The van der Waals surface area contributed by atoms with Crippen LogP contribution in [-0.4, -0.2) is 46.2 Å². The minimum Gasteiger partial charge on any atom is -0.334 e. The molecule has 0 spiro atoms. The first-order valence-corrected chi connectivity index (χ1v) is 7.42. The average molecular weight is 338 g/mol. The van der Waals surface area contributed by atoms with Gasteiger partial charge in [-0.15, -0.1) is 0 Å². The van der Waals surface area contributed by atoms with Crippen molar-refractivity contribution in [2.75, 3.05) is 26.2 Å². The van der Waals surface area contributed by atoms with Crippen LogP contribution in [0.2, 0.25) is 0 Å². The second kappa shape index (κ2) is 5.99. The van der Waals surface area contributed by atoms with Crippen LogP contribution in [0.25, 0.3) is 11.5 Å². The summed E-state index contributed by atoms with van der Waals surface area (Å²) < 4.78 is 6.25. The predicted molar refractivity (Wildman–Crippen MR) is 78.1 cm³/mol. The topological polar surface area (TPSA) is 67.1 Å². The van der Waals surface area contributed by atoms with Crippen molar-refractivity contribution in [2.24, 2.45) is 0 Å². The Labute approximate surface area is 125 Å². The average Bonchev–Trinajstić information content (AvgIpc) is 2.97. The number of aromatic nitrogens is 3. The highest BCUT2D eigenvalue weighted by Crippen LogP contribution is 2.23. The Bertz CT molecular complexity index is 582. The number of pyridine rings is 1. The van der Waals surface area contributed by atoms with Gasteiger partial charge in [0.1, 0.15) is 0 Å². The summed E-state index contributed by atoms with van der Waals surface area (Å²) in [7, 11) is 0.